The summed E-state index contributed by atoms with van der Waals surface area (Å²) in [5, 5.41) is 0. The van der Waals surface area contributed by atoms with E-state index in [1.165, 1.54) is 11.1 Å². The summed E-state index contributed by atoms with van der Waals surface area (Å²) < 4.78 is 34.8. The number of sulfone groups is 1. The van der Waals surface area contributed by atoms with Gasteiger partial charge in [0, 0.05) is 0 Å². The maximum Gasteiger partial charge on any atom is 0.244 e. The van der Waals surface area contributed by atoms with Crippen molar-refractivity contribution >= 4 is 9.84 Å². The topological polar surface area (TPSA) is 51.8 Å². The minimum Gasteiger partial charge on any atom is -1.00 e. The molecule has 0 N–H and O–H groups in total. The third-order valence-electron chi connectivity index (χ3n) is 6.44. The first kappa shape index (κ1) is 27.0. The molecule has 37 heavy (non-hydrogen) atoms. The zero-order valence-electron chi connectivity index (χ0n) is 20.0. The first-order valence-electron chi connectivity index (χ1n) is 11.6. The minimum atomic E-state index is -3.56. The third kappa shape index (κ3) is 5.95. The Balaban J connectivity index is 0.00000160. The standard InChI is InChI=1S/C28H26N4O2S.2BrH/c33-35(34)27-9-5-25(6-10-27)19-31-15-13-29(21-31)17-23-1-2-24(4-3-23)18-30-14-16-32(22-30)20-26-7-11-28(35)12-8-26;;/h1-16,21-22H,17-20H2;2*1H/q+2;;/p-2. The van der Waals surface area contributed by atoms with E-state index < -0.39 is 9.84 Å². The van der Waals surface area contributed by atoms with Gasteiger partial charge in [0.2, 0.25) is 22.5 Å². The molecule has 0 saturated carbocycles. The Morgan fingerprint density at radius 1 is 0.541 bits per heavy atom. The first-order valence-corrected chi connectivity index (χ1v) is 13.1. The highest BCUT2D eigenvalue weighted by Gasteiger charge is 2.18. The van der Waals surface area contributed by atoms with E-state index in [1.807, 2.05) is 36.7 Å². The fourth-order valence-electron chi connectivity index (χ4n) is 4.53. The molecule has 10 bridgehead atoms. The van der Waals surface area contributed by atoms with E-state index in [4.69, 9.17) is 0 Å². The molecule has 6 heterocycles. The van der Waals surface area contributed by atoms with Gasteiger partial charge in [0.25, 0.3) is 0 Å². The van der Waals surface area contributed by atoms with Crippen LogP contribution in [-0.4, -0.2) is 17.6 Å². The van der Waals surface area contributed by atoms with Crippen molar-refractivity contribution < 1.29 is 51.5 Å². The molecule has 3 aromatic carbocycles. The molecule has 4 aliphatic rings. The van der Waals surface area contributed by atoms with Crippen molar-refractivity contribution in [2.75, 3.05) is 0 Å². The molecule has 0 atom stereocenters. The number of aromatic nitrogens is 4. The van der Waals surface area contributed by atoms with Crippen LogP contribution in [0.3, 0.4) is 0 Å². The van der Waals surface area contributed by atoms with Crippen molar-refractivity contribution in [1.82, 2.24) is 9.13 Å². The normalized spacial score (nSPS) is 14.1. The summed E-state index contributed by atoms with van der Waals surface area (Å²) >= 11 is 0. The van der Waals surface area contributed by atoms with E-state index in [-0.39, 0.29) is 34.0 Å². The first-order chi connectivity index (χ1) is 17.0. The Labute approximate surface area is 237 Å². The van der Waals surface area contributed by atoms with Crippen LogP contribution in [0.2, 0.25) is 0 Å². The van der Waals surface area contributed by atoms with Gasteiger partial charge >= 0.3 is 0 Å². The van der Waals surface area contributed by atoms with Gasteiger partial charge in [-0.3, -0.25) is 0 Å². The summed E-state index contributed by atoms with van der Waals surface area (Å²) in [5.74, 6) is 0. The van der Waals surface area contributed by atoms with Gasteiger partial charge < -0.3 is 34.0 Å². The molecular formula is C28H26Br2N4O2S. The van der Waals surface area contributed by atoms with E-state index >= 15 is 0 Å². The summed E-state index contributed by atoms with van der Waals surface area (Å²) in [6, 6.07) is 23.1. The highest BCUT2D eigenvalue weighted by molar-refractivity contribution is 7.91. The lowest BCUT2D eigenvalue weighted by atomic mass is 10.1. The number of hydrogen-bond acceptors (Lipinski definition) is 2. The molecule has 0 spiro atoms. The fourth-order valence-corrected chi connectivity index (χ4v) is 5.79. The molecule has 0 saturated heterocycles. The van der Waals surface area contributed by atoms with Crippen LogP contribution in [0, 0.1) is 0 Å². The van der Waals surface area contributed by atoms with Crippen molar-refractivity contribution in [2.24, 2.45) is 0 Å². The third-order valence-corrected chi connectivity index (χ3v) is 8.23. The predicted molar refractivity (Wildman–Crippen MR) is 130 cm³/mol. The molecule has 5 aromatic rings. The summed E-state index contributed by atoms with van der Waals surface area (Å²) in [6.45, 7) is 2.95. The second kappa shape index (κ2) is 11.2. The largest absolute Gasteiger partial charge is 1.00 e. The zero-order chi connectivity index (χ0) is 23.8. The highest BCUT2D eigenvalue weighted by Crippen LogP contribution is 2.22. The van der Waals surface area contributed by atoms with Crippen LogP contribution in [0.15, 0.2) is 120 Å². The number of rotatable bonds is 0. The predicted octanol–water partition coefficient (Wildman–Crippen LogP) is -2.79. The van der Waals surface area contributed by atoms with Crippen molar-refractivity contribution in [2.45, 2.75) is 36.0 Å². The lowest BCUT2D eigenvalue weighted by Crippen LogP contribution is -3.00. The van der Waals surface area contributed by atoms with E-state index in [9.17, 15) is 8.42 Å². The van der Waals surface area contributed by atoms with Crippen molar-refractivity contribution in [3.05, 3.63) is 132 Å². The van der Waals surface area contributed by atoms with Crippen LogP contribution in [0.1, 0.15) is 22.3 Å². The van der Waals surface area contributed by atoms with Crippen LogP contribution in [0.5, 0.6) is 0 Å². The monoisotopic (exact) mass is 640 g/mol. The van der Waals surface area contributed by atoms with Crippen molar-refractivity contribution in [1.29, 1.82) is 0 Å². The lowest BCUT2D eigenvalue weighted by Gasteiger charge is -2.07. The molecule has 6 nitrogen and oxygen atoms in total. The van der Waals surface area contributed by atoms with E-state index in [1.54, 1.807) is 24.3 Å². The molecule has 0 unspecified atom stereocenters. The Morgan fingerprint density at radius 3 is 1.27 bits per heavy atom. The second-order valence-electron chi connectivity index (χ2n) is 9.12. The molecular weight excluding hydrogens is 616 g/mol. The van der Waals surface area contributed by atoms with Crippen LogP contribution < -0.4 is 43.1 Å². The molecule has 0 fully saturated rings. The van der Waals surface area contributed by atoms with Gasteiger partial charge in [-0.05, 0) is 46.5 Å². The van der Waals surface area contributed by atoms with E-state index in [0.29, 0.717) is 22.9 Å². The number of halogens is 2. The van der Waals surface area contributed by atoms with Gasteiger partial charge in [0.15, 0.2) is 0 Å². The van der Waals surface area contributed by atoms with Gasteiger partial charge in [-0.15, -0.1) is 0 Å². The fraction of sp³-hybridized carbons (Fsp3) is 0.143. The summed E-state index contributed by atoms with van der Waals surface area (Å²) in [7, 11) is -3.56. The molecule has 0 radical (unpaired) electrons. The quantitative estimate of drug-likeness (QED) is 0.169. The summed E-state index contributed by atoms with van der Waals surface area (Å²) in [6.07, 6.45) is 12.4. The molecule has 190 valence electrons. The lowest BCUT2D eigenvalue weighted by molar-refractivity contribution is -0.688. The number of nitrogens with zero attached hydrogens (tertiary/aromatic N) is 4. The van der Waals surface area contributed by atoms with E-state index in [2.05, 4.69) is 67.6 Å². The maximum absolute atomic E-state index is 13.2. The zero-order valence-corrected chi connectivity index (χ0v) is 24.0. The Bertz CT molecular complexity index is 1480. The van der Waals surface area contributed by atoms with Crippen molar-refractivity contribution in [3.8, 4) is 0 Å². The number of fused-ring (bicyclic) bond motifs is 3. The van der Waals surface area contributed by atoms with Gasteiger partial charge in [-0.1, -0.05) is 48.5 Å². The molecule has 4 aliphatic heterocycles. The number of imidazole rings is 2. The SMILES string of the molecule is O=S1(=O)c2ccc(cc2)C[n+]2ccn(c2)Cc2ccc(cc2)Cn2cc[n+](c2)Cc2ccc1cc2.[Br-].[Br-]. The average Bonchev–Trinajstić information content (AvgIpc) is 3.49. The highest BCUT2D eigenvalue weighted by atomic mass is 79.9. The maximum atomic E-state index is 13.2. The van der Waals surface area contributed by atoms with E-state index in [0.717, 1.165) is 24.2 Å². The molecule has 0 amide bonds. The van der Waals surface area contributed by atoms with Gasteiger partial charge in [0.1, 0.15) is 51.0 Å². The Hall–Kier alpha value is -3.01. The molecule has 9 rings (SSSR count). The smallest absolute Gasteiger partial charge is 0.244 e. The van der Waals surface area contributed by atoms with Crippen molar-refractivity contribution in [3.63, 3.8) is 0 Å². The second-order valence-corrected chi connectivity index (χ2v) is 11.1. The van der Waals surface area contributed by atoms with Crippen LogP contribution >= 0.6 is 0 Å². The number of hydrogen-bond donors (Lipinski definition) is 0. The van der Waals surface area contributed by atoms with Crippen LogP contribution in [0.4, 0.5) is 0 Å². The van der Waals surface area contributed by atoms with Gasteiger partial charge in [-0.25, -0.2) is 26.7 Å². The summed E-state index contributed by atoms with van der Waals surface area (Å²) in [5.41, 5.74) is 4.59. The molecule has 0 aliphatic carbocycles. The Morgan fingerprint density at radius 2 is 0.892 bits per heavy atom. The van der Waals surface area contributed by atoms with Gasteiger partial charge in [0.05, 0.1) is 9.79 Å². The Kier molecular flexibility index (Phi) is 8.16. The average molecular weight is 642 g/mol. The van der Waals surface area contributed by atoms with Crippen LogP contribution in [0.25, 0.3) is 0 Å². The number of benzene rings is 3. The molecule has 2 aromatic heterocycles. The van der Waals surface area contributed by atoms with Crippen LogP contribution in [-0.2, 0) is 36.0 Å². The molecule has 9 heteroatoms. The summed E-state index contributed by atoms with van der Waals surface area (Å²) in [4.78, 5) is 0.620. The van der Waals surface area contributed by atoms with Gasteiger partial charge in [-0.2, -0.15) is 0 Å². The minimum absolute atomic E-state index is 0.